The van der Waals surface area contributed by atoms with Gasteiger partial charge in [0.05, 0.1) is 5.69 Å². The highest BCUT2D eigenvalue weighted by molar-refractivity contribution is 7.13. The van der Waals surface area contributed by atoms with E-state index in [1.165, 1.54) is 23.5 Å². The Morgan fingerprint density at radius 1 is 1.43 bits per heavy atom. The Hall–Kier alpha value is -2.15. The highest BCUT2D eigenvalue weighted by Crippen LogP contribution is 2.21. The number of benzene rings is 1. The molecule has 2 amide bonds. The number of likely N-dealkylation sites (tertiary alicyclic amines) is 1. The van der Waals surface area contributed by atoms with E-state index in [4.69, 9.17) is 4.74 Å². The first-order chi connectivity index (χ1) is 11.1. The summed E-state index contributed by atoms with van der Waals surface area (Å²) in [6.45, 7) is 3.10. The number of thiazole rings is 1. The molecule has 23 heavy (non-hydrogen) atoms. The number of ether oxygens (including phenoxy) is 1. The van der Waals surface area contributed by atoms with Gasteiger partial charge in [0.15, 0.2) is 5.13 Å². The number of amides is 2. The number of nitrogens with one attached hydrogen (secondary N) is 1. The number of aromatic nitrogens is 1. The molecule has 0 atom stereocenters. The van der Waals surface area contributed by atoms with E-state index in [-0.39, 0.29) is 18.0 Å². The number of hydrogen-bond acceptors (Lipinski definition) is 4. The Bertz CT molecular complexity index is 683. The van der Waals surface area contributed by atoms with E-state index >= 15 is 0 Å². The molecule has 1 aliphatic heterocycles. The fourth-order valence-electron chi connectivity index (χ4n) is 2.49. The van der Waals surface area contributed by atoms with Crippen molar-refractivity contribution in [2.45, 2.75) is 25.9 Å². The van der Waals surface area contributed by atoms with Crippen LogP contribution in [0.25, 0.3) is 0 Å². The summed E-state index contributed by atoms with van der Waals surface area (Å²) in [6.07, 6.45) is 1.45. The molecule has 0 unspecified atom stereocenters. The second kappa shape index (κ2) is 6.95. The molecule has 1 aromatic carbocycles. The van der Waals surface area contributed by atoms with Gasteiger partial charge in [-0.3, -0.25) is 5.32 Å². The van der Waals surface area contributed by atoms with Crippen LogP contribution in [-0.4, -0.2) is 35.1 Å². The first kappa shape index (κ1) is 15.7. The first-order valence-corrected chi connectivity index (χ1v) is 8.38. The van der Waals surface area contributed by atoms with Gasteiger partial charge < -0.3 is 9.64 Å². The number of urea groups is 1. The van der Waals surface area contributed by atoms with Gasteiger partial charge in [0.2, 0.25) is 0 Å². The van der Waals surface area contributed by atoms with E-state index in [2.05, 4.69) is 10.3 Å². The van der Waals surface area contributed by atoms with E-state index in [9.17, 15) is 9.18 Å². The van der Waals surface area contributed by atoms with Crippen LogP contribution in [0.5, 0.6) is 5.75 Å². The van der Waals surface area contributed by atoms with Crippen LogP contribution in [-0.2, 0) is 0 Å². The lowest BCUT2D eigenvalue weighted by Crippen LogP contribution is -2.43. The van der Waals surface area contributed by atoms with Crippen molar-refractivity contribution in [2.24, 2.45) is 0 Å². The maximum atomic E-state index is 13.2. The van der Waals surface area contributed by atoms with Crippen LogP contribution in [0.3, 0.4) is 0 Å². The summed E-state index contributed by atoms with van der Waals surface area (Å²) in [5.41, 5.74) is 0.896. The monoisotopic (exact) mass is 335 g/mol. The summed E-state index contributed by atoms with van der Waals surface area (Å²) >= 11 is 1.42. The summed E-state index contributed by atoms with van der Waals surface area (Å²) in [6, 6.07) is 6.00. The SMILES string of the molecule is Cc1csc(NC(=O)N2CCC(Oc3cccc(F)c3)CC2)n1. The smallest absolute Gasteiger partial charge is 0.323 e. The fourth-order valence-corrected chi connectivity index (χ4v) is 3.17. The fraction of sp³-hybridized carbons (Fsp3) is 0.375. The van der Waals surface area contributed by atoms with E-state index in [1.54, 1.807) is 17.0 Å². The predicted octanol–water partition coefficient (Wildman–Crippen LogP) is 3.67. The van der Waals surface area contributed by atoms with E-state index in [1.807, 2.05) is 12.3 Å². The Kier molecular flexibility index (Phi) is 4.76. The molecule has 5 nitrogen and oxygen atoms in total. The standard InChI is InChI=1S/C16H18FN3O2S/c1-11-10-23-15(18-11)19-16(21)20-7-5-13(6-8-20)22-14-4-2-3-12(17)9-14/h2-4,9-10,13H,5-8H2,1H3,(H,18,19,21). The number of aryl methyl sites for hydroxylation is 1. The van der Waals surface area contributed by atoms with E-state index < -0.39 is 0 Å². The molecule has 0 bridgehead atoms. The third-order valence-corrected chi connectivity index (χ3v) is 4.54. The largest absolute Gasteiger partial charge is 0.490 e. The third kappa shape index (κ3) is 4.19. The number of nitrogens with zero attached hydrogens (tertiary/aromatic N) is 2. The summed E-state index contributed by atoms with van der Waals surface area (Å²) in [4.78, 5) is 18.2. The van der Waals surface area contributed by atoms with Crippen molar-refractivity contribution in [3.8, 4) is 5.75 Å². The maximum Gasteiger partial charge on any atom is 0.323 e. The minimum absolute atomic E-state index is 0.00274. The first-order valence-electron chi connectivity index (χ1n) is 7.50. The van der Waals surface area contributed by atoms with Gasteiger partial charge >= 0.3 is 6.03 Å². The lowest BCUT2D eigenvalue weighted by atomic mass is 10.1. The zero-order valence-electron chi connectivity index (χ0n) is 12.8. The molecule has 0 spiro atoms. The molecule has 122 valence electrons. The summed E-state index contributed by atoms with van der Waals surface area (Å²) in [7, 11) is 0. The van der Waals surface area contributed by atoms with Crippen LogP contribution in [0.4, 0.5) is 14.3 Å². The normalized spacial score (nSPS) is 15.5. The van der Waals surface area contributed by atoms with Gasteiger partial charge in [0.25, 0.3) is 0 Å². The number of piperidine rings is 1. The number of carbonyl (C=O) groups is 1. The van der Waals surface area contributed by atoms with Gasteiger partial charge in [0.1, 0.15) is 17.7 Å². The highest BCUT2D eigenvalue weighted by Gasteiger charge is 2.24. The second-order valence-corrected chi connectivity index (χ2v) is 6.34. The van der Waals surface area contributed by atoms with Crippen molar-refractivity contribution in [1.82, 2.24) is 9.88 Å². The Labute approximate surface area is 138 Å². The molecule has 7 heteroatoms. The van der Waals surface area contributed by atoms with Gasteiger partial charge in [-0.15, -0.1) is 11.3 Å². The minimum Gasteiger partial charge on any atom is -0.490 e. The van der Waals surface area contributed by atoms with Gasteiger partial charge in [-0.1, -0.05) is 6.07 Å². The Morgan fingerprint density at radius 3 is 2.87 bits per heavy atom. The van der Waals surface area contributed by atoms with Crippen LogP contribution in [0.1, 0.15) is 18.5 Å². The molecule has 2 aromatic rings. The lowest BCUT2D eigenvalue weighted by molar-refractivity contribution is 0.115. The number of halogens is 1. The van der Waals surface area contributed by atoms with E-state index in [0.717, 1.165) is 18.5 Å². The summed E-state index contributed by atoms with van der Waals surface area (Å²) < 4.78 is 18.9. The molecule has 1 aliphatic rings. The van der Waals surface area contributed by atoms with Crippen molar-refractivity contribution >= 4 is 22.5 Å². The van der Waals surface area contributed by atoms with E-state index in [0.29, 0.717) is 24.0 Å². The molecule has 1 saturated heterocycles. The van der Waals surface area contributed by atoms with Gasteiger partial charge in [-0.2, -0.15) is 0 Å². The van der Waals surface area contributed by atoms with Crippen LogP contribution in [0.15, 0.2) is 29.6 Å². The number of anilines is 1. The topological polar surface area (TPSA) is 54.5 Å². The average Bonchev–Trinajstić information content (AvgIpc) is 2.93. The highest BCUT2D eigenvalue weighted by atomic mass is 32.1. The van der Waals surface area contributed by atoms with Crippen molar-refractivity contribution in [3.63, 3.8) is 0 Å². The number of rotatable bonds is 3. The van der Waals surface area contributed by atoms with Crippen LogP contribution in [0.2, 0.25) is 0 Å². The van der Waals surface area contributed by atoms with Gasteiger partial charge in [0, 0.05) is 37.4 Å². The van der Waals surface area contributed by atoms with Gasteiger partial charge in [-0.25, -0.2) is 14.2 Å². The molecule has 0 saturated carbocycles. The Balaban J connectivity index is 1.49. The minimum atomic E-state index is -0.307. The molecule has 1 N–H and O–H groups in total. The lowest BCUT2D eigenvalue weighted by Gasteiger charge is -2.31. The van der Waals surface area contributed by atoms with Crippen LogP contribution >= 0.6 is 11.3 Å². The van der Waals surface area contributed by atoms with Crippen LogP contribution in [0, 0.1) is 12.7 Å². The predicted molar refractivity (Wildman–Crippen MR) is 87.5 cm³/mol. The second-order valence-electron chi connectivity index (χ2n) is 5.49. The molecule has 0 aliphatic carbocycles. The summed E-state index contributed by atoms with van der Waals surface area (Å²) in [5, 5.41) is 5.32. The molecular formula is C16H18FN3O2S. The molecule has 3 rings (SSSR count). The average molecular weight is 335 g/mol. The maximum absolute atomic E-state index is 13.2. The number of carbonyl (C=O) groups excluding carboxylic acids is 1. The van der Waals surface area contributed by atoms with Crippen molar-refractivity contribution in [2.75, 3.05) is 18.4 Å². The Morgan fingerprint density at radius 2 is 2.22 bits per heavy atom. The number of hydrogen-bond donors (Lipinski definition) is 1. The van der Waals surface area contributed by atoms with Crippen molar-refractivity contribution in [3.05, 3.63) is 41.2 Å². The van der Waals surface area contributed by atoms with Crippen molar-refractivity contribution < 1.29 is 13.9 Å². The van der Waals surface area contributed by atoms with Crippen molar-refractivity contribution in [1.29, 1.82) is 0 Å². The summed E-state index contributed by atoms with van der Waals surface area (Å²) in [5.74, 6) is 0.226. The van der Waals surface area contributed by atoms with Crippen LogP contribution < -0.4 is 10.1 Å². The molecule has 0 radical (unpaired) electrons. The molecule has 1 fully saturated rings. The quantitative estimate of drug-likeness (QED) is 0.931. The molecule has 2 heterocycles. The third-order valence-electron chi connectivity index (χ3n) is 3.66. The molecular weight excluding hydrogens is 317 g/mol. The van der Waals surface area contributed by atoms with Gasteiger partial charge in [-0.05, 0) is 19.1 Å². The zero-order chi connectivity index (χ0) is 16.2. The molecule has 1 aromatic heterocycles. The zero-order valence-corrected chi connectivity index (χ0v) is 13.6.